The number of unbranched alkanes of at least 4 members (excludes halogenated alkanes) is 1. The normalized spacial score (nSPS) is 20.1. The molecule has 2 atom stereocenters. The van der Waals surface area contributed by atoms with Crippen LogP contribution in [0.4, 0.5) is 14.0 Å². The summed E-state index contributed by atoms with van der Waals surface area (Å²) in [5.74, 6) is -0.977. The second-order valence-electron chi connectivity index (χ2n) is 15.9. The Balaban J connectivity index is 1.97. The first kappa shape index (κ1) is 42.4. The molecule has 1 fully saturated rings. The monoisotopic (exact) mass is 752 g/mol. The van der Waals surface area contributed by atoms with Crippen molar-refractivity contribution >= 4 is 37.1 Å². The average Bonchev–Trinajstić information content (AvgIpc) is 2.97. The molecule has 0 aromatic heterocycles. The maximum Gasteiger partial charge on any atom is 0.419 e. The molecule has 0 N–H and O–H groups in total. The van der Waals surface area contributed by atoms with Crippen LogP contribution in [-0.4, -0.2) is 82.3 Å². The van der Waals surface area contributed by atoms with Crippen molar-refractivity contribution < 1.29 is 42.1 Å². The summed E-state index contributed by atoms with van der Waals surface area (Å²) in [6, 6.07) is 11.6. The zero-order chi connectivity index (χ0) is 38.4. The van der Waals surface area contributed by atoms with Gasteiger partial charge in [0.15, 0.2) is 5.16 Å². The molecule has 0 bridgehead atoms. The first-order valence-electron chi connectivity index (χ1n) is 17.4. The number of nitrogens with zero attached hydrogens (tertiary/aromatic N) is 2. The number of ether oxygens (including phenoxy) is 3. The first-order valence-corrected chi connectivity index (χ1v) is 19.6. The Kier molecular flexibility index (Phi) is 14.0. The van der Waals surface area contributed by atoms with Crippen LogP contribution in [-0.2, 0) is 34.6 Å². The summed E-state index contributed by atoms with van der Waals surface area (Å²) < 4.78 is 51.7. The number of benzene rings is 2. The average molecular weight is 753 g/mol. The van der Waals surface area contributed by atoms with E-state index >= 15 is 0 Å². The minimum Gasteiger partial charge on any atom is -0.459 e. The number of imide groups is 1. The van der Waals surface area contributed by atoms with E-state index in [1.54, 1.807) is 87.4 Å². The molecule has 0 spiro atoms. The maximum atomic E-state index is 14.9. The van der Waals surface area contributed by atoms with E-state index in [4.69, 9.17) is 30.3 Å². The van der Waals surface area contributed by atoms with Gasteiger partial charge in [-0.1, -0.05) is 29.8 Å². The summed E-state index contributed by atoms with van der Waals surface area (Å²) in [5.41, 5.74) is -0.0950. The van der Waals surface area contributed by atoms with Gasteiger partial charge in [0.25, 0.3) is 0 Å². The van der Waals surface area contributed by atoms with Crippen LogP contribution in [0.1, 0.15) is 94.1 Å². The van der Waals surface area contributed by atoms with Crippen LogP contribution < -0.4 is 0 Å². The second kappa shape index (κ2) is 16.8. The second-order valence-corrected chi connectivity index (χ2v) is 19.3. The van der Waals surface area contributed by atoms with Crippen LogP contribution in [0, 0.1) is 5.82 Å². The van der Waals surface area contributed by atoms with Crippen molar-refractivity contribution in [2.75, 3.05) is 32.4 Å². The third kappa shape index (κ3) is 12.0. The standard InChI is InChI=1S/C38H55ClFN2O8P/c1-11-47-51(46)23-22-41(25-28-14-17-29(39)24-31(28)27-15-18-30(40)19-16-27)26-38(51,32(43)48-35(2,3)4)20-12-13-21-42(33(44)49-36(5,6)7)34(45)50-37(8,9)10/h14-19,24H,11-13,20-23,25-26H2,1-10H3/t38-,51?/m0/s1. The third-order valence-corrected chi connectivity index (χ3v) is 11.6. The van der Waals surface area contributed by atoms with Crippen molar-refractivity contribution in [1.29, 1.82) is 0 Å². The Morgan fingerprint density at radius 2 is 1.45 bits per heavy atom. The van der Waals surface area contributed by atoms with Crippen molar-refractivity contribution in [3.05, 3.63) is 58.9 Å². The number of amides is 2. The molecule has 1 unspecified atom stereocenters. The van der Waals surface area contributed by atoms with Crippen LogP contribution in [0.5, 0.6) is 0 Å². The summed E-state index contributed by atoms with van der Waals surface area (Å²) in [6.07, 6.45) is -0.904. The number of carbonyl (C=O) groups excluding carboxylic acids is 3. The van der Waals surface area contributed by atoms with Crippen LogP contribution in [0.2, 0.25) is 5.02 Å². The van der Waals surface area contributed by atoms with E-state index in [1.165, 1.54) is 12.1 Å². The van der Waals surface area contributed by atoms with Crippen molar-refractivity contribution in [2.24, 2.45) is 0 Å². The van der Waals surface area contributed by atoms with E-state index in [1.807, 2.05) is 12.1 Å². The van der Waals surface area contributed by atoms with E-state index in [0.29, 0.717) is 24.5 Å². The topological polar surface area (TPSA) is 112 Å². The quantitative estimate of drug-likeness (QED) is 0.0959. The molecule has 0 aliphatic carbocycles. The minimum absolute atomic E-state index is 0.0529. The Bertz CT molecular complexity index is 1550. The largest absolute Gasteiger partial charge is 0.459 e. The number of esters is 1. The molecular weight excluding hydrogens is 698 g/mol. The molecule has 2 aromatic rings. The molecule has 0 saturated carbocycles. The van der Waals surface area contributed by atoms with Gasteiger partial charge in [0.1, 0.15) is 22.6 Å². The highest BCUT2D eigenvalue weighted by molar-refractivity contribution is 7.62. The lowest BCUT2D eigenvalue weighted by molar-refractivity contribution is -0.160. The molecule has 1 heterocycles. The van der Waals surface area contributed by atoms with Crippen LogP contribution in [0.25, 0.3) is 11.1 Å². The SMILES string of the molecule is CCOP1(=O)CCN(Cc2ccc(Cl)cc2-c2ccc(F)cc2)C[C@@]1(CCCCN(C(=O)OC(C)(C)C)C(=O)OC(C)(C)C)C(=O)OC(C)(C)C. The number of rotatable bonds is 11. The number of halogens is 2. The highest BCUT2D eigenvalue weighted by atomic mass is 35.5. The van der Waals surface area contributed by atoms with Gasteiger partial charge in [-0.25, -0.2) is 18.9 Å². The lowest BCUT2D eigenvalue weighted by Crippen LogP contribution is -2.56. The van der Waals surface area contributed by atoms with Gasteiger partial charge in [-0.05, 0) is 129 Å². The highest BCUT2D eigenvalue weighted by Crippen LogP contribution is 2.64. The van der Waals surface area contributed by atoms with Crippen molar-refractivity contribution in [3.8, 4) is 11.1 Å². The number of hydrogen-bond donors (Lipinski definition) is 0. The van der Waals surface area contributed by atoms with Gasteiger partial charge in [-0.15, -0.1) is 0 Å². The number of carbonyl (C=O) groups is 3. The Morgan fingerprint density at radius 1 is 0.882 bits per heavy atom. The molecule has 0 radical (unpaired) electrons. The Morgan fingerprint density at radius 3 is 1.98 bits per heavy atom. The molecule has 1 aliphatic rings. The third-order valence-electron chi connectivity index (χ3n) is 8.04. The van der Waals surface area contributed by atoms with Gasteiger partial charge in [-0.3, -0.25) is 14.3 Å². The van der Waals surface area contributed by atoms with Gasteiger partial charge in [0.05, 0.1) is 6.61 Å². The first-order chi connectivity index (χ1) is 23.5. The van der Waals surface area contributed by atoms with Crippen LogP contribution >= 0.6 is 19.0 Å². The van der Waals surface area contributed by atoms with E-state index < -0.39 is 47.5 Å². The Hall–Kier alpha value is -2.98. The zero-order valence-electron chi connectivity index (χ0n) is 31.8. The van der Waals surface area contributed by atoms with Crippen LogP contribution in [0.3, 0.4) is 0 Å². The van der Waals surface area contributed by atoms with Crippen molar-refractivity contribution in [3.63, 3.8) is 0 Å². The Labute approximate surface area is 307 Å². The number of hydrogen-bond acceptors (Lipinski definition) is 9. The van der Waals surface area contributed by atoms with Gasteiger partial charge >= 0.3 is 18.2 Å². The molecule has 2 amide bonds. The minimum atomic E-state index is -3.66. The molecule has 3 rings (SSSR count). The van der Waals surface area contributed by atoms with E-state index in [9.17, 15) is 23.3 Å². The fourth-order valence-corrected chi connectivity index (χ4v) is 9.09. The summed E-state index contributed by atoms with van der Waals surface area (Å²) in [7, 11) is -3.66. The van der Waals surface area contributed by atoms with E-state index in [2.05, 4.69) is 4.90 Å². The molecule has 284 valence electrons. The molecule has 1 saturated heterocycles. The summed E-state index contributed by atoms with van der Waals surface area (Å²) in [5, 5.41) is -1.02. The predicted octanol–water partition coefficient (Wildman–Crippen LogP) is 9.70. The van der Waals surface area contributed by atoms with Gasteiger partial charge < -0.3 is 18.7 Å². The predicted molar refractivity (Wildman–Crippen MR) is 198 cm³/mol. The van der Waals surface area contributed by atoms with E-state index in [0.717, 1.165) is 21.6 Å². The fraction of sp³-hybridized carbons (Fsp3) is 0.605. The van der Waals surface area contributed by atoms with Crippen LogP contribution in [0.15, 0.2) is 42.5 Å². The van der Waals surface area contributed by atoms with Gasteiger partial charge in [0, 0.05) is 37.4 Å². The van der Waals surface area contributed by atoms with Crippen molar-refractivity contribution in [2.45, 2.75) is 117 Å². The van der Waals surface area contributed by atoms with Gasteiger partial charge in [-0.2, -0.15) is 0 Å². The summed E-state index contributed by atoms with van der Waals surface area (Å²) >= 11 is 6.39. The molecular formula is C38H55ClFN2O8P. The lowest BCUT2D eigenvalue weighted by atomic mass is 9.96. The van der Waals surface area contributed by atoms with E-state index in [-0.39, 0.29) is 44.5 Å². The molecule has 2 aromatic carbocycles. The smallest absolute Gasteiger partial charge is 0.419 e. The molecule has 1 aliphatic heterocycles. The summed E-state index contributed by atoms with van der Waals surface area (Å²) in [6.45, 7) is 18.2. The highest BCUT2D eigenvalue weighted by Gasteiger charge is 2.59. The summed E-state index contributed by atoms with van der Waals surface area (Å²) in [4.78, 5) is 43.5. The molecule has 13 heteroatoms. The van der Waals surface area contributed by atoms with Crippen molar-refractivity contribution in [1.82, 2.24) is 9.80 Å². The molecule has 10 nitrogen and oxygen atoms in total. The zero-order valence-corrected chi connectivity index (χ0v) is 33.4. The molecule has 51 heavy (non-hydrogen) atoms. The van der Waals surface area contributed by atoms with Gasteiger partial charge in [0.2, 0.25) is 7.37 Å². The lowest BCUT2D eigenvalue weighted by Gasteiger charge is -2.46. The fourth-order valence-electron chi connectivity index (χ4n) is 5.91. The maximum absolute atomic E-state index is 14.9.